The fraction of sp³-hybridized carbons (Fsp3) is 0.0769. The largest absolute Gasteiger partial charge is 0.326 e. The van der Waals surface area contributed by atoms with Crippen molar-refractivity contribution in [1.82, 2.24) is 4.57 Å². The molecule has 1 heterocycles. The lowest BCUT2D eigenvalue weighted by Crippen LogP contribution is -2.32. The molecular weight excluding hydrogens is 386 g/mol. The Bertz CT molecular complexity index is 1190. The molecule has 1 amide bonds. The lowest BCUT2D eigenvalue weighted by molar-refractivity contribution is 0.102. The molecule has 4 aromatic rings. The van der Waals surface area contributed by atoms with Crippen molar-refractivity contribution in [3.05, 3.63) is 136 Å². The topological polar surface area (TPSA) is 77.1 Å². The van der Waals surface area contributed by atoms with Gasteiger partial charge in [-0.1, -0.05) is 60.7 Å². The molecule has 0 saturated heterocycles. The molecule has 0 unspecified atom stereocenters. The zero-order valence-corrected chi connectivity index (χ0v) is 16.9. The highest BCUT2D eigenvalue weighted by atomic mass is 16.2. The minimum atomic E-state index is -0.471. The molecule has 4 rings (SSSR count). The molecule has 3 N–H and O–H groups in total. The molecule has 0 saturated carbocycles. The van der Waals surface area contributed by atoms with Crippen molar-refractivity contribution in [1.29, 1.82) is 0 Å². The Balaban J connectivity index is 1.74. The molecule has 5 nitrogen and oxygen atoms in total. The van der Waals surface area contributed by atoms with Crippen LogP contribution in [0.5, 0.6) is 0 Å². The van der Waals surface area contributed by atoms with E-state index in [1.54, 1.807) is 35.0 Å². The number of anilines is 1. The fourth-order valence-electron chi connectivity index (χ4n) is 3.58. The highest BCUT2D eigenvalue weighted by Crippen LogP contribution is 2.25. The van der Waals surface area contributed by atoms with Gasteiger partial charge in [-0.2, -0.15) is 0 Å². The summed E-state index contributed by atoms with van der Waals surface area (Å²) in [6.07, 6.45) is 1.71. The minimum Gasteiger partial charge on any atom is -0.326 e. The van der Waals surface area contributed by atoms with Crippen molar-refractivity contribution in [2.24, 2.45) is 5.73 Å². The average Bonchev–Trinajstić information content (AvgIpc) is 2.82. The Labute approximate surface area is 180 Å². The van der Waals surface area contributed by atoms with Crippen LogP contribution in [0.25, 0.3) is 0 Å². The number of rotatable bonds is 6. The zero-order valence-electron chi connectivity index (χ0n) is 16.9. The zero-order chi connectivity index (χ0) is 21.6. The Kier molecular flexibility index (Phi) is 6.05. The van der Waals surface area contributed by atoms with E-state index in [1.807, 2.05) is 60.7 Å². The van der Waals surface area contributed by atoms with Crippen LogP contribution in [0.15, 0.2) is 102 Å². The summed E-state index contributed by atoms with van der Waals surface area (Å²) in [5.41, 5.74) is 8.67. The van der Waals surface area contributed by atoms with Gasteiger partial charge in [-0.3, -0.25) is 9.59 Å². The van der Waals surface area contributed by atoms with Crippen molar-refractivity contribution in [3.8, 4) is 0 Å². The van der Waals surface area contributed by atoms with Gasteiger partial charge in [0.05, 0.1) is 6.04 Å². The van der Waals surface area contributed by atoms with Crippen LogP contribution in [0.3, 0.4) is 0 Å². The summed E-state index contributed by atoms with van der Waals surface area (Å²) in [6, 6.07) is 30.6. The van der Waals surface area contributed by atoms with Gasteiger partial charge in [-0.25, -0.2) is 0 Å². The van der Waals surface area contributed by atoms with Crippen molar-refractivity contribution in [3.63, 3.8) is 0 Å². The molecule has 0 aliphatic heterocycles. The third-order valence-electron chi connectivity index (χ3n) is 5.07. The Morgan fingerprint density at radius 1 is 0.935 bits per heavy atom. The van der Waals surface area contributed by atoms with Gasteiger partial charge in [0.15, 0.2) is 0 Å². The van der Waals surface area contributed by atoms with E-state index in [-0.39, 0.29) is 17.2 Å². The maximum absolute atomic E-state index is 13.4. The van der Waals surface area contributed by atoms with Crippen molar-refractivity contribution in [2.75, 3.05) is 5.32 Å². The quantitative estimate of drug-likeness (QED) is 0.506. The predicted molar refractivity (Wildman–Crippen MR) is 122 cm³/mol. The first-order chi connectivity index (χ1) is 15.2. The Morgan fingerprint density at radius 3 is 2.19 bits per heavy atom. The van der Waals surface area contributed by atoms with Gasteiger partial charge in [0.25, 0.3) is 11.5 Å². The van der Waals surface area contributed by atoms with Crippen LogP contribution < -0.4 is 16.6 Å². The number of aromatic nitrogens is 1. The van der Waals surface area contributed by atoms with Crippen molar-refractivity contribution < 1.29 is 4.79 Å². The number of nitrogens with zero attached hydrogens (tertiary/aromatic N) is 1. The molecule has 0 aliphatic rings. The summed E-state index contributed by atoms with van der Waals surface area (Å²) in [5.74, 6) is -0.471. The molecule has 1 radical (unpaired) electrons. The maximum Gasteiger partial charge on any atom is 0.264 e. The highest BCUT2D eigenvalue weighted by molar-refractivity contribution is 6.04. The Hall–Kier alpha value is -3.96. The van der Waals surface area contributed by atoms with Crippen LogP contribution in [0, 0.1) is 6.07 Å². The van der Waals surface area contributed by atoms with Crippen molar-refractivity contribution in [2.45, 2.75) is 12.6 Å². The van der Waals surface area contributed by atoms with Crippen LogP contribution in [-0.2, 0) is 6.54 Å². The van der Waals surface area contributed by atoms with Gasteiger partial charge in [-0.15, -0.1) is 0 Å². The number of pyridine rings is 1. The number of nitrogens with one attached hydrogen (secondary N) is 1. The van der Waals surface area contributed by atoms with Gasteiger partial charge in [0.2, 0.25) is 0 Å². The summed E-state index contributed by atoms with van der Waals surface area (Å²) < 4.78 is 1.60. The second-order valence-corrected chi connectivity index (χ2v) is 7.15. The lowest BCUT2D eigenvalue weighted by atomic mass is 9.98. The average molecular weight is 408 g/mol. The van der Waals surface area contributed by atoms with Crippen LogP contribution >= 0.6 is 0 Å². The summed E-state index contributed by atoms with van der Waals surface area (Å²) in [6.45, 7) is 0.341. The standard InChI is InChI=1S/C26H22N3O2/c27-18-19-9-7-14-22(17-19)28-25(30)23-15-8-16-29(26(23)31)24(20-10-3-1-4-11-20)21-12-5-2-6-13-21/h1-6,8-17,24H,18,27H2,(H,28,30). The van der Waals surface area contributed by atoms with Gasteiger partial charge in [0.1, 0.15) is 5.56 Å². The number of hydrogen-bond acceptors (Lipinski definition) is 3. The summed E-state index contributed by atoms with van der Waals surface area (Å²) >= 11 is 0. The number of benzene rings is 3. The first-order valence-corrected chi connectivity index (χ1v) is 10.00. The normalized spacial score (nSPS) is 10.8. The molecule has 153 valence electrons. The molecule has 1 aromatic heterocycles. The van der Waals surface area contributed by atoms with Gasteiger partial charge in [-0.05, 0) is 53.1 Å². The third kappa shape index (κ3) is 4.47. The van der Waals surface area contributed by atoms with E-state index in [0.29, 0.717) is 12.2 Å². The van der Waals surface area contributed by atoms with Crippen LogP contribution in [-0.4, -0.2) is 10.5 Å². The number of amides is 1. The molecule has 0 bridgehead atoms. The molecule has 0 spiro atoms. The number of carbonyl (C=O) groups excluding carboxylic acids is 1. The monoisotopic (exact) mass is 408 g/mol. The maximum atomic E-state index is 13.4. The smallest absolute Gasteiger partial charge is 0.264 e. The SMILES string of the molecule is NCc1c[c]cc(NC(=O)c2cccn(C(c3ccccc3)c3ccccc3)c2=O)c1. The molecule has 3 aromatic carbocycles. The fourth-order valence-corrected chi connectivity index (χ4v) is 3.58. The first kappa shape index (κ1) is 20.3. The highest BCUT2D eigenvalue weighted by Gasteiger charge is 2.20. The second kappa shape index (κ2) is 9.24. The van der Waals surface area contributed by atoms with E-state index in [2.05, 4.69) is 11.4 Å². The van der Waals surface area contributed by atoms with Crippen LogP contribution in [0.4, 0.5) is 5.69 Å². The lowest BCUT2D eigenvalue weighted by Gasteiger charge is -2.21. The number of hydrogen-bond donors (Lipinski definition) is 2. The van der Waals surface area contributed by atoms with E-state index in [4.69, 9.17) is 5.73 Å². The van der Waals surface area contributed by atoms with E-state index in [9.17, 15) is 9.59 Å². The minimum absolute atomic E-state index is 0.0671. The molecule has 0 fully saturated rings. The predicted octanol–water partition coefficient (Wildman–Crippen LogP) is 4.00. The van der Waals surface area contributed by atoms with Gasteiger partial charge >= 0.3 is 0 Å². The van der Waals surface area contributed by atoms with E-state index < -0.39 is 5.91 Å². The Morgan fingerprint density at radius 2 is 1.58 bits per heavy atom. The molecule has 5 heteroatoms. The van der Waals surface area contributed by atoms with E-state index in [0.717, 1.165) is 16.7 Å². The summed E-state index contributed by atoms with van der Waals surface area (Å²) in [5, 5.41) is 2.78. The second-order valence-electron chi connectivity index (χ2n) is 7.15. The number of nitrogens with two attached hydrogens (primary N) is 1. The van der Waals surface area contributed by atoms with Crippen molar-refractivity contribution >= 4 is 11.6 Å². The molecule has 0 aliphatic carbocycles. The van der Waals surface area contributed by atoms with E-state index >= 15 is 0 Å². The molecule has 31 heavy (non-hydrogen) atoms. The summed E-state index contributed by atoms with van der Waals surface area (Å²) in [4.78, 5) is 26.3. The number of carbonyl (C=O) groups is 1. The first-order valence-electron chi connectivity index (χ1n) is 10.00. The molecule has 0 atom stereocenters. The van der Waals surface area contributed by atoms with Gasteiger partial charge in [0, 0.05) is 18.4 Å². The van der Waals surface area contributed by atoms with Crippen LogP contribution in [0.1, 0.15) is 33.1 Å². The van der Waals surface area contributed by atoms with Gasteiger partial charge < -0.3 is 15.6 Å². The molecular formula is C26H22N3O2. The van der Waals surface area contributed by atoms with Crippen LogP contribution in [0.2, 0.25) is 0 Å². The summed E-state index contributed by atoms with van der Waals surface area (Å²) in [7, 11) is 0. The third-order valence-corrected chi connectivity index (χ3v) is 5.07. The van der Waals surface area contributed by atoms with E-state index in [1.165, 1.54) is 6.07 Å².